The first-order valence-corrected chi connectivity index (χ1v) is 5.39. The predicted octanol–water partition coefficient (Wildman–Crippen LogP) is 3.32. The van der Waals surface area contributed by atoms with Crippen molar-refractivity contribution in [1.82, 2.24) is 0 Å². The maximum absolute atomic E-state index is 10.8. The number of non-ortho nitro benzene ring substituents is 1. The standard InChI is InChI=1S/C12H18N2O2/c1-5-12(2,3)10-8-9(14(15)16)6-7-11(10)13-4/h6-8,13H,5H2,1-4H3. The lowest BCUT2D eigenvalue weighted by Gasteiger charge is -2.25. The summed E-state index contributed by atoms with van der Waals surface area (Å²) < 4.78 is 0. The van der Waals surface area contributed by atoms with E-state index in [1.54, 1.807) is 12.1 Å². The quantitative estimate of drug-likeness (QED) is 0.628. The average Bonchev–Trinajstić information content (AvgIpc) is 2.28. The zero-order valence-electron chi connectivity index (χ0n) is 10.2. The lowest BCUT2D eigenvalue weighted by molar-refractivity contribution is -0.384. The molecule has 0 atom stereocenters. The Balaban J connectivity index is 3.33. The van der Waals surface area contributed by atoms with Crippen molar-refractivity contribution in [2.45, 2.75) is 32.6 Å². The predicted molar refractivity (Wildman–Crippen MR) is 66.0 cm³/mol. The van der Waals surface area contributed by atoms with Crippen molar-refractivity contribution in [2.24, 2.45) is 0 Å². The summed E-state index contributed by atoms with van der Waals surface area (Å²) in [5, 5.41) is 13.8. The first kappa shape index (κ1) is 12.5. The third kappa shape index (κ3) is 2.32. The number of nitro benzene ring substituents is 1. The van der Waals surface area contributed by atoms with Gasteiger partial charge in [0.25, 0.3) is 5.69 Å². The second kappa shape index (κ2) is 4.51. The van der Waals surface area contributed by atoms with Crippen molar-refractivity contribution in [3.8, 4) is 0 Å². The van der Waals surface area contributed by atoms with Gasteiger partial charge in [0, 0.05) is 24.9 Å². The molecule has 0 heterocycles. The molecule has 0 aliphatic rings. The van der Waals surface area contributed by atoms with Crippen molar-refractivity contribution in [3.63, 3.8) is 0 Å². The molecule has 1 aromatic carbocycles. The Morgan fingerprint density at radius 1 is 1.44 bits per heavy atom. The SMILES string of the molecule is CCC(C)(C)c1cc([N+](=O)[O-])ccc1NC. The second-order valence-electron chi connectivity index (χ2n) is 4.47. The van der Waals surface area contributed by atoms with Gasteiger partial charge >= 0.3 is 0 Å². The number of rotatable bonds is 4. The summed E-state index contributed by atoms with van der Waals surface area (Å²) in [6.45, 7) is 6.26. The van der Waals surface area contributed by atoms with Crippen LogP contribution in [0.4, 0.5) is 11.4 Å². The fourth-order valence-electron chi connectivity index (χ4n) is 1.61. The maximum atomic E-state index is 10.8. The summed E-state index contributed by atoms with van der Waals surface area (Å²) >= 11 is 0. The van der Waals surface area contributed by atoms with E-state index in [4.69, 9.17) is 0 Å². The van der Waals surface area contributed by atoms with Gasteiger partial charge in [-0.15, -0.1) is 0 Å². The van der Waals surface area contributed by atoms with E-state index in [1.807, 2.05) is 7.05 Å². The summed E-state index contributed by atoms with van der Waals surface area (Å²) in [5.74, 6) is 0. The van der Waals surface area contributed by atoms with E-state index < -0.39 is 0 Å². The molecule has 0 spiro atoms. The zero-order valence-corrected chi connectivity index (χ0v) is 10.2. The van der Waals surface area contributed by atoms with Gasteiger partial charge in [-0.25, -0.2) is 0 Å². The molecule has 0 radical (unpaired) electrons. The van der Waals surface area contributed by atoms with Crippen LogP contribution in [-0.4, -0.2) is 12.0 Å². The van der Waals surface area contributed by atoms with Crippen LogP contribution in [-0.2, 0) is 5.41 Å². The summed E-state index contributed by atoms with van der Waals surface area (Å²) in [6, 6.07) is 4.96. The van der Waals surface area contributed by atoms with E-state index in [2.05, 4.69) is 26.1 Å². The maximum Gasteiger partial charge on any atom is 0.269 e. The van der Waals surface area contributed by atoms with Crippen LogP contribution in [0.1, 0.15) is 32.8 Å². The van der Waals surface area contributed by atoms with Gasteiger partial charge in [0.15, 0.2) is 0 Å². The number of benzene rings is 1. The molecule has 0 amide bonds. The molecule has 0 aliphatic carbocycles. The van der Waals surface area contributed by atoms with E-state index in [1.165, 1.54) is 6.07 Å². The first-order valence-electron chi connectivity index (χ1n) is 5.39. The summed E-state index contributed by atoms with van der Waals surface area (Å²) in [7, 11) is 1.83. The number of hydrogen-bond acceptors (Lipinski definition) is 3. The summed E-state index contributed by atoms with van der Waals surface area (Å²) in [4.78, 5) is 10.4. The van der Waals surface area contributed by atoms with Crippen molar-refractivity contribution in [3.05, 3.63) is 33.9 Å². The van der Waals surface area contributed by atoms with E-state index in [0.717, 1.165) is 17.7 Å². The molecular formula is C12H18N2O2. The van der Waals surface area contributed by atoms with E-state index >= 15 is 0 Å². The third-order valence-corrected chi connectivity index (χ3v) is 3.10. The lowest BCUT2D eigenvalue weighted by Crippen LogP contribution is -2.17. The molecule has 0 saturated heterocycles. The normalized spacial score (nSPS) is 11.2. The average molecular weight is 222 g/mol. The van der Waals surface area contributed by atoms with Gasteiger partial charge in [-0.05, 0) is 23.5 Å². The Bertz CT molecular complexity index is 400. The molecule has 0 aliphatic heterocycles. The topological polar surface area (TPSA) is 55.2 Å². The van der Waals surface area contributed by atoms with Gasteiger partial charge in [-0.1, -0.05) is 20.8 Å². The molecular weight excluding hydrogens is 204 g/mol. The van der Waals surface area contributed by atoms with Crippen LogP contribution in [0.5, 0.6) is 0 Å². The first-order chi connectivity index (χ1) is 7.42. The Kier molecular flexibility index (Phi) is 3.52. The Labute approximate surface area is 95.8 Å². The van der Waals surface area contributed by atoms with Gasteiger partial charge in [-0.2, -0.15) is 0 Å². The fraction of sp³-hybridized carbons (Fsp3) is 0.500. The van der Waals surface area contributed by atoms with Gasteiger partial charge in [0.05, 0.1) is 4.92 Å². The van der Waals surface area contributed by atoms with Crippen LogP contribution in [0.3, 0.4) is 0 Å². The van der Waals surface area contributed by atoms with E-state index in [0.29, 0.717) is 0 Å². The second-order valence-corrected chi connectivity index (χ2v) is 4.47. The van der Waals surface area contributed by atoms with Crippen LogP contribution < -0.4 is 5.32 Å². The number of nitrogens with zero attached hydrogens (tertiary/aromatic N) is 1. The summed E-state index contributed by atoms with van der Waals surface area (Å²) in [5.41, 5.74) is 2.03. The molecule has 1 N–H and O–H groups in total. The minimum absolute atomic E-state index is 0.0651. The Hall–Kier alpha value is -1.58. The third-order valence-electron chi connectivity index (χ3n) is 3.10. The number of hydrogen-bond donors (Lipinski definition) is 1. The molecule has 1 aromatic rings. The minimum Gasteiger partial charge on any atom is -0.388 e. The minimum atomic E-state index is -0.353. The number of nitro groups is 1. The van der Waals surface area contributed by atoms with Gasteiger partial charge < -0.3 is 5.32 Å². The summed E-state index contributed by atoms with van der Waals surface area (Å²) in [6.07, 6.45) is 0.933. The highest BCUT2D eigenvalue weighted by molar-refractivity contribution is 5.58. The monoisotopic (exact) mass is 222 g/mol. The van der Waals surface area contributed by atoms with Crippen LogP contribution in [0, 0.1) is 10.1 Å². The number of anilines is 1. The molecule has 0 aromatic heterocycles. The highest BCUT2D eigenvalue weighted by Crippen LogP contribution is 2.34. The molecule has 4 heteroatoms. The van der Waals surface area contributed by atoms with E-state index in [-0.39, 0.29) is 16.0 Å². The van der Waals surface area contributed by atoms with Gasteiger partial charge in [-0.3, -0.25) is 10.1 Å². The molecule has 88 valence electrons. The van der Waals surface area contributed by atoms with Crippen LogP contribution >= 0.6 is 0 Å². The van der Waals surface area contributed by atoms with Gasteiger partial charge in [0.2, 0.25) is 0 Å². The van der Waals surface area contributed by atoms with Crippen molar-refractivity contribution >= 4 is 11.4 Å². The van der Waals surface area contributed by atoms with Crippen LogP contribution in [0.2, 0.25) is 0 Å². The smallest absolute Gasteiger partial charge is 0.269 e. The number of nitrogens with one attached hydrogen (secondary N) is 1. The Morgan fingerprint density at radius 2 is 2.06 bits per heavy atom. The molecule has 1 rings (SSSR count). The molecule has 0 fully saturated rings. The van der Waals surface area contributed by atoms with Crippen LogP contribution in [0.25, 0.3) is 0 Å². The molecule has 0 bridgehead atoms. The van der Waals surface area contributed by atoms with Crippen molar-refractivity contribution in [2.75, 3.05) is 12.4 Å². The highest BCUT2D eigenvalue weighted by atomic mass is 16.6. The van der Waals surface area contributed by atoms with Crippen molar-refractivity contribution < 1.29 is 4.92 Å². The lowest BCUT2D eigenvalue weighted by atomic mass is 9.81. The zero-order chi connectivity index (χ0) is 12.3. The highest BCUT2D eigenvalue weighted by Gasteiger charge is 2.23. The largest absolute Gasteiger partial charge is 0.388 e. The van der Waals surface area contributed by atoms with Crippen LogP contribution in [0.15, 0.2) is 18.2 Å². The van der Waals surface area contributed by atoms with Gasteiger partial charge in [0.1, 0.15) is 0 Å². The molecule has 0 unspecified atom stereocenters. The molecule has 4 nitrogen and oxygen atoms in total. The van der Waals surface area contributed by atoms with Crippen molar-refractivity contribution in [1.29, 1.82) is 0 Å². The molecule has 16 heavy (non-hydrogen) atoms. The Morgan fingerprint density at radius 3 is 2.50 bits per heavy atom. The van der Waals surface area contributed by atoms with E-state index in [9.17, 15) is 10.1 Å². The molecule has 0 saturated carbocycles. The fourth-order valence-corrected chi connectivity index (χ4v) is 1.61.